The van der Waals surface area contributed by atoms with E-state index in [4.69, 9.17) is 4.74 Å². The first kappa shape index (κ1) is 22.3. The van der Waals surface area contributed by atoms with Crippen LogP contribution in [0.15, 0.2) is 71.6 Å². The lowest BCUT2D eigenvalue weighted by atomic mass is 10.1. The lowest BCUT2D eigenvalue weighted by Crippen LogP contribution is -2.38. The van der Waals surface area contributed by atoms with Gasteiger partial charge in [-0.3, -0.25) is 9.10 Å². The number of hydrogen-bond donors (Lipinski definition) is 1. The van der Waals surface area contributed by atoms with Gasteiger partial charge in [0.05, 0.1) is 17.7 Å². The molecule has 0 saturated heterocycles. The molecule has 0 unspecified atom stereocenters. The molecule has 0 atom stereocenters. The summed E-state index contributed by atoms with van der Waals surface area (Å²) in [6.07, 6.45) is 0. The third-order valence-electron chi connectivity index (χ3n) is 4.72. The molecule has 6 nitrogen and oxygen atoms in total. The number of aryl methyl sites for hydroxylation is 2. The highest BCUT2D eigenvalue weighted by Gasteiger charge is 2.27. The number of carbonyl (C=O) groups is 1. The highest BCUT2D eigenvalue weighted by atomic mass is 32.2. The second kappa shape index (κ2) is 9.18. The van der Waals surface area contributed by atoms with Crippen LogP contribution in [-0.4, -0.2) is 28.0 Å². The number of ether oxygens (including phenoxy) is 1. The van der Waals surface area contributed by atoms with Crippen LogP contribution in [0.3, 0.4) is 0 Å². The number of methoxy groups -OCH3 is 1. The Kier molecular flexibility index (Phi) is 6.60. The van der Waals surface area contributed by atoms with E-state index >= 15 is 0 Å². The molecule has 8 heteroatoms. The van der Waals surface area contributed by atoms with Crippen LogP contribution in [0, 0.1) is 19.7 Å². The van der Waals surface area contributed by atoms with E-state index in [1.54, 1.807) is 24.3 Å². The molecule has 31 heavy (non-hydrogen) atoms. The van der Waals surface area contributed by atoms with Crippen molar-refractivity contribution in [2.45, 2.75) is 18.7 Å². The number of rotatable bonds is 7. The third-order valence-corrected chi connectivity index (χ3v) is 6.50. The molecule has 0 aromatic heterocycles. The largest absolute Gasteiger partial charge is 0.497 e. The first-order chi connectivity index (χ1) is 14.7. The molecule has 0 saturated carbocycles. The van der Waals surface area contributed by atoms with Crippen molar-refractivity contribution in [3.63, 3.8) is 0 Å². The maximum absolute atomic E-state index is 13.3. The van der Waals surface area contributed by atoms with E-state index in [9.17, 15) is 17.6 Å². The fraction of sp³-hybridized carbons (Fsp3) is 0.174. The Morgan fingerprint density at radius 2 is 1.65 bits per heavy atom. The Morgan fingerprint density at radius 1 is 1.00 bits per heavy atom. The van der Waals surface area contributed by atoms with Crippen LogP contribution in [0.25, 0.3) is 0 Å². The van der Waals surface area contributed by atoms with Gasteiger partial charge >= 0.3 is 0 Å². The van der Waals surface area contributed by atoms with Gasteiger partial charge in [0, 0.05) is 5.69 Å². The van der Waals surface area contributed by atoms with Crippen molar-refractivity contribution in [1.29, 1.82) is 0 Å². The van der Waals surface area contributed by atoms with Gasteiger partial charge in [0.1, 0.15) is 18.1 Å². The van der Waals surface area contributed by atoms with Gasteiger partial charge in [-0.1, -0.05) is 12.1 Å². The normalized spacial score (nSPS) is 11.1. The standard InChI is InChI=1S/C23H23FN2O4S/c1-16-4-5-17(2)22(14-16)25-23(27)15-26(19-8-10-20(30-3)11-9-19)31(28,29)21-12-6-18(24)7-13-21/h4-14H,15H2,1-3H3,(H,25,27). The zero-order valence-electron chi connectivity index (χ0n) is 17.4. The molecule has 0 fully saturated rings. The molecule has 162 valence electrons. The average molecular weight is 443 g/mol. The van der Waals surface area contributed by atoms with Crippen LogP contribution in [0.4, 0.5) is 15.8 Å². The Bertz CT molecular complexity index is 1180. The smallest absolute Gasteiger partial charge is 0.264 e. The maximum atomic E-state index is 13.3. The topological polar surface area (TPSA) is 75.7 Å². The van der Waals surface area contributed by atoms with Gasteiger partial charge in [-0.05, 0) is 79.6 Å². The van der Waals surface area contributed by atoms with Crippen molar-refractivity contribution in [2.75, 3.05) is 23.3 Å². The number of hydrogen-bond acceptors (Lipinski definition) is 4. The summed E-state index contributed by atoms with van der Waals surface area (Å²) in [5.74, 6) is -0.513. The van der Waals surface area contributed by atoms with Crippen molar-refractivity contribution >= 4 is 27.3 Å². The van der Waals surface area contributed by atoms with Gasteiger partial charge in [-0.2, -0.15) is 0 Å². The minimum Gasteiger partial charge on any atom is -0.497 e. The lowest BCUT2D eigenvalue weighted by molar-refractivity contribution is -0.114. The van der Waals surface area contributed by atoms with Crippen LogP contribution in [-0.2, 0) is 14.8 Å². The molecule has 0 spiro atoms. The Hall–Kier alpha value is -3.39. The molecule has 3 aromatic carbocycles. The van der Waals surface area contributed by atoms with Crippen LogP contribution in [0.1, 0.15) is 11.1 Å². The molecule has 0 heterocycles. The number of amides is 1. The molecular formula is C23H23FN2O4S. The van der Waals surface area contributed by atoms with E-state index in [1.165, 1.54) is 19.2 Å². The van der Waals surface area contributed by atoms with Crippen molar-refractivity contribution in [3.8, 4) is 5.75 Å². The first-order valence-corrected chi connectivity index (χ1v) is 10.9. The summed E-state index contributed by atoms with van der Waals surface area (Å²) < 4.78 is 46.0. The minimum atomic E-state index is -4.13. The van der Waals surface area contributed by atoms with E-state index in [-0.39, 0.29) is 10.6 Å². The van der Waals surface area contributed by atoms with E-state index in [1.807, 2.05) is 32.0 Å². The van der Waals surface area contributed by atoms with Crippen LogP contribution < -0.4 is 14.4 Å². The summed E-state index contributed by atoms with van der Waals surface area (Å²) >= 11 is 0. The van der Waals surface area contributed by atoms with Crippen molar-refractivity contribution < 1.29 is 22.3 Å². The second-order valence-corrected chi connectivity index (χ2v) is 8.89. The highest BCUT2D eigenvalue weighted by Crippen LogP contribution is 2.26. The lowest BCUT2D eigenvalue weighted by Gasteiger charge is -2.24. The SMILES string of the molecule is COc1ccc(N(CC(=O)Nc2cc(C)ccc2C)S(=O)(=O)c2ccc(F)cc2)cc1. The van der Waals surface area contributed by atoms with Crippen molar-refractivity contribution in [3.05, 3.63) is 83.7 Å². The van der Waals surface area contributed by atoms with Gasteiger partial charge in [0.15, 0.2) is 0 Å². The van der Waals surface area contributed by atoms with Gasteiger partial charge in [0.25, 0.3) is 10.0 Å². The van der Waals surface area contributed by atoms with E-state index in [2.05, 4.69) is 5.32 Å². The highest BCUT2D eigenvalue weighted by molar-refractivity contribution is 7.92. The quantitative estimate of drug-likeness (QED) is 0.592. The van der Waals surface area contributed by atoms with Crippen LogP contribution in [0.2, 0.25) is 0 Å². The number of halogens is 1. The predicted molar refractivity (Wildman–Crippen MR) is 118 cm³/mol. The molecule has 0 aliphatic carbocycles. The zero-order chi connectivity index (χ0) is 22.6. The summed E-state index contributed by atoms with van der Waals surface area (Å²) in [5, 5.41) is 2.78. The van der Waals surface area contributed by atoms with Crippen LogP contribution >= 0.6 is 0 Å². The number of nitrogens with zero attached hydrogens (tertiary/aromatic N) is 1. The summed E-state index contributed by atoms with van der Waals surface area (Å²) in [6, 6.07) is 16.4. The molecule has 0 bridgehead atoms. The molecule has 3 aromatic rings. The second-order valence-electron chi connectivity index (χ2n) is 7.03. The monoisotopic (exact) mass is 442 g/mol. The van der Waals surface area contributed by atoms with Crippen molar-refractivity contribution in [2.24, 2.45) is 0 Å². The number of sulfonamides is 1. The molecule has 0 radical (unpaired) electrons. The molecule has 1 amide bonds. The first-order valence-electron chi connectivity index (χ1n) is 9.50. The molecule has 3 rings (SSSR count). The Labute approximate surface area is 181 Å². The fourth-order valence-corrected chi connectivity index (χ4v) is 4.41. The van der Waals surface area contributed by atoms with Gasteiger partial charge in [0.2, 0.25) is 5.91 Å². The molecule has 0 aliphatic heterocycles. The zero-order valence-corrected chi connectivity index (χ0v) is 18.2. The van der Waals surface area contributed by atoms with Gasteiger partial charge in [-0.15, -0.1) is 0 Å². The number of carbonyl (C=O) groups excluding carboxylic acids is 1. The fourth-order valence-electron chi connectivity index (χ4n) is 2.99. The maximum Gasteiger partial charge on any atom is 0.264 e. The minimum absolute atomic E-state index is 0.121. The summed E-state index contributed by atoms with van der Waals surface area (Å²) in [7, 11) is -2.63. The Morgan fingerprint density at radius 3 is 2.26 bits per heavy atom. The third kappa shape index (κ3) is 5.21. The molecular weight excluding hydrogens is 419 g/mol. The summed E-state index contributed by atoms with van der Waals surface area (Å²) in [4.78, 5) is 12.7. The van der Waals surface area contributed by atoms with E-state index < -0.39 is 28.3 Å². The van der Waals surface area contributed by atoms with E-state index in [0.29, 0.717) is 11.4 Å². The number of benzene rings is 3. The average Bonchev–Trinajstić information content (AvgIpc) is 2.75. The van der Waals surface area contributed by atoms with E-state index in [0.717, 1.165) is 27.6 Å². The Balaban J connectivity index is 1.96. The van der Waals surface area contributed by atoms with Crippen molar-refractivity contribution in [1.82, 2.24) is 0 Å². The molecule has 1 N–H and O–H groups in total. The number of anilines is 2. The molecule has 0 aliphatic rings. The predicted octanol–water partition coefficient (Wildman–Crippen LogP) is 4.29. The van der Waals surface area contributed by atoms with Gasteiger partial charge < -0.3 is 10.1 Å². The summed E-state index contributed by atoms with van der Waals surface area (Å²) in [5.41, 5.74) is 2.71. The van der Waals surface area contributed by atoms with Gasteiger partial charge in [-0.25, -0.2) is 12.8 Å². The van der Waals surface area contributed by atoms with Crippen LogP contribution in [0.5, 0.6) is 5.75 Å². The summed E-state index contributed by atoms with van der Waals surface area (Å²) in [6.45, 7) is 3.29. The number of nitrogens with one attached hydrogen (secondary N) is 1.